The molecule has 0 aromatic heterocycles. The first kappa shape index (κ1) is 14.7. The molecule has 3 atom stereocenters. The lowest BCUT2D eigenvalue weighted by Crippen LogP contribution is -2.35. The summed E-state index contributed by atoms with van der Waals surface area (Å²) in [7, 11) is 0. The van der Waals surface area contributed by atoms with E-state index in [0.717, 1.165) is 0 Å². The van der Waals surface area contributed by atoms with Crippen LogP contribution >= 0.6 is 0 Å². The van der Waals surface area contributed by atoms with Crippen molar-refractivity contribution >= 4 is 0 Å². The normalized spacial score (nSPS) is 18.3. The average molecular weight is 214 g/mol. The van der Waals surface area contributed by atoms with Gasteiger partial charge in [-0.05, 0) is 34.6 Å². The van der Waals surface area contributed by atoms with Gasteiger partial charge in [-0.25, -0.2) is 0 Å². The predicted octanol–water partition coefficient (Wildman–Crippen LogP) is 3.42. The number of hydrogen-bond donors (Lipinski definition) is 0. The summed E-state index contributed by atoms with van der Waals surface area (Å²) in [5, 5.41) is 0. The second-order valence-corrected chi connectivity index (χ2v) is 4.95. The Morgan fingerprint density at radius 1 is 1.27 bits per heavy atom. The van der Waals surface area contributed by atoms with E-state index in [-0.39, 0.29) is 17.8 Å². The summed E-state index contributed by atoms with van der Waals surface area (Å²) in [5.74, 6) is 0.321. The van der Waals surface area contributed by atoms with Gasteiger partial charge in [-0.3, -0.25) is 0 Å². The highest BCUT2D eigenvalue weighted by molar-refractivity contribution is 4.87. The molecule has 15 heavy (non-hydrogen) atoms. The first-order valence-electron chi connectivity index (χ1n) is 5.73. The summed E-state index contributed by atoms with van der Waals surface area (Å²) in [6, 6.07) is 0. The standard InChI is InChI=1S/C13H26O2/c1-8-12(14-9-2)10(3)11(4)15-13(5,6)7/h8,10-12H,1,9H2,2-7H3/t10-,11+,12+/m1/s1. The molecule has 2 nitrogen and oxygen atoms in total. The summed E-state index contributed by atoms with van der Waals surface area (Å²) in [6.07, 6.45) is 2.10. The van der Waals surface area contributed by atoms with Gasteiger partial charge in [0.25, 0.3) is 0 Å². The molecule has 0 saturated carbocycles. The molecule has 0 radical (unpaired) electrons. The fraction of sp³-hybridized carbons (Fsp3) is 0.846. The molecule has 2 heteroatoms. The second-order valence-electron chi connectivity index (χ2n) is 4.95. The van der Waals surface area contributed by atoms with Crippen LogP contribution in [0.3, 0.4) is 0 Å². The molecule has 0 aromatic carbocycles. The van der Waals surface area contributed by atoms with Gasteiger partial charge in [0.1, 0.15) is 0 Å². The molecule has 0 aromatic rings. The van der Waals surface area contributed by atoms with E-state index in [1.54, 1.807) is 0 Å². The maximum atomic E-state index is 5.90. The van der Waals surface area contributed by atoms with Gasteiger partial charge in [0.05, 0.1) is 17.8 Å². The first-order valence-corrected chi connectivity index (χ1v) is 5.73. The van der Waals surface area contributed by atoms with E-state index in [0.29, 0.717) is 12.5 Å². The molecule has 90 valence electrons. The zero-order chi connectivity index (χ0) is 12.1. The third-order valence-corrected chi connectivity index (χ3v) is 2.39. The Morgan fingerprint density at radius 3 is 2.13 bits per heavy atom. The summed E-state index contributed by atoms with van der Waals surface area (Å²) >= 11 is 0. The first-order chi connectivity index (χ1) is 6.81. The van der Waals surface area contributed by atoms with Crippen LogP contribution in [0.15, 0.2) is 12.7 Å². The van der Waals surface area contributed by atoms with Crippen molar-refractivity contribution in [3.8, 4) is 0 Å². The Bertz CT molecular complexity index is 181. The third-order valence-electron chi connectivity index (χ3n) is 2.39. The summed E-state index contributed by atoms with van der Waals surface area (Å²) < 4.78 is 11.5. The van der Waals surface area contributed by atoms with Gasteiger partial charge in [0.2, 0.25) is 0 Å². The van der Waals surface area contributed by atoms with Crippen LogP contribution in [0.25, 0.3) is 0 Å². The molecule has 0 aliphatic carbocycles. The van der Waals surface area contributed by atoms with Gasteiger partial charge in [-0.2, -0.15) is 0 Å². The second kappa shape index (κ2) is 6.29. The molecule has 0 spiro atoms. The highest BCUT2D eigenvalue weighted by Gasteiger charge is 2.25. The molecule has 0 fully saturated rings. The van der Waals surface area contributed by atoms with Crippen molar-refractivity contribution in [2.45, 2.75) is 59.4 Å². The smallest absolute Gasteiger partial charge is 0.0803 e. The zero-order valence-electron chi connectivity index (χ0n) is 11.0. The van der Waals surface area contributed by atoms with Crippen LogP contribution in [0.5, 0.6) is 0 Å². The lowest BCUT2D eigenvalue weighted by molar-refractivity contribution is -0.0969. The van der Waals surface area contributed by atoms with Crippen molar-refractivity contribution < 1.29 is 9.47 Å². The van der Waals surface area contributed by atoms with Gasteiger partial charge in [0, 0.05) is 12.5 Å². The quantitative estimate of drug-likeness (QED) is 0.631. The van der Waals surface area contributed by atoms with E-state index in [4.69, 9.17) is 9.47 Å². The Labute approximate surface area is 94.7 Å². The van der Waals surface area contributed by atoms with E-state index in [1.165, 1.54) is 0 Å². The van der Waals surface area contributed by atoms with E-state index in [2.05, 4.69) is 41.2 Å². The van der Waals surface area contributed by atoms with E-state index < -0.39 is 0 Å². The zero-order valence-corrected chi connectivity index (χ0v) is 11.0. The molecule has 0 rings (SSSR count). The highest BCUT2D eigenvalue weighted by atomic mass is 16.5. The largest absolute Gasteiger partial charge is 0.374 e. The Balaban J connectivity index is 4.27. The maximum Gasteiger partial charge on any atom is 0.0803 e. The molecule has 0 bridgehead atoms. The van der Waals surface area contributed by atoms with Gasteiger partial charge >= 0.3 is 0 Å². The van der Waals surface area contributed by atoms with Crippen LogP contribution in [0, 0.1) is 5.92 Å². The fourth-order valence-electron chi connectivity index (χ4n) is 1.56. The molecule has 0 saturated heterocycles. The van der Waals surface area contributed by atoms with Crippen LogP contribution in [0.4, 0.5) is 0 Å². The van der Waals surface area contributed by atoms with Gasteiger partial charge in [0.15, 0.2) is 0 Å². The van der Waals surface area contributed by atoms with Gasteiger partial charge in [-0.15, -0.1) is 6.58 Å². The van der Waals surface area contributed by atoms with E-state index >= 15 is 0 Å². The van der Waals surface area contributed by atoms with Crippen LogP contribution in [0.1, 0.15) is 41.5 Å². The van der Waals surface area contributed by atoms with Crippen molar-refractivity contribution in [2.75, 3.05) is 6.61 Å². The molecule has 0 unspecified atom stereocenters. The topological polar surface area (TPSA) is 18.5 Å². The van der Waals surface area contributed by atoms with Crippen LogP contribution in [-0.4, -0.2) is 24.4 Å². The minimum Gasteiger partial charge on any atom is -0.374 e. The van der Waals surface area contributed by atoms with Crippen LogP contribution in [0.2, 0.25) is 0 Å². The maximum absolute atomic E-state index is 5.90. The minimum atomic E-state index is -0.106. The Kier molecular flexibility index (Phi) is 6.15. The Morgan fingerprint density at radius 2 is 1.80 bits per heavy atom. The minimum absolute atomic E-state index is 0.0762. The highest BCUT2D eigenvalue weighted by Crippen LogP contribution is 2.21. The SMILES string of the molecule is C=C[C@H](OCC)[C@H](C)[C@H](C)OC(C)(C)C. The number of hydrogen-bond acceptors (Lipinski definition) is 2. The van der Waals surface area contributed by atoms with Crippen LogP contribution < -0.4 is 0 Å². The van der Waals surface area contributed by atoms with Gasteiger partial charge in [-0.1, -0.05) is 13.0 Å². The molecule has 0 aliphatic rings. The van der Waals surface area contributed by atoms with Crippen molar-refractivity contribution in [2.24, 2.45) is 5.92 Å². The summed E-state index contributed by atoms with van der Waals surface area (Å²) in [4.78, 5) is 0. The lowest BCUT2D eigenvalue weighted by Gasteiger charge is -2.32. The fourth-order valence-corrected chi connectivity index (χ4v) is 1.56. The molecule has 0 amide bonds. The third kappa shape index (κ3) is 5.95. The van der Waals surface area contributed by atoms with Gasteiger partial charge < -0.3 is 9.47 Å². The summed E-state index contributed by atoms with van der Waals surface area (Å²) in [5.41, 5.74) is -0.106. The van der Waals surface area contributed by atoms with E-state index in [9.17, 15) is 0 Å². The average Bonchev–Trinajstić information content (AvgIpc) is 2.10. The molecule has 0 heterocycles. The molecular weight excluding hydrogens is 188 g/mol. The van der Waals surface area contributed by atoms with Crippen LogP contribution in [-0.2, 0) is 9.47 Å². The van der Waals surface area contributed by atoms with E-state index in [1.807, 2.05) is 13.0 Å². The number of ether oxygens (including phenoxy) is 2. The monoisotopic (exact) mass is 214 g/mol. The molecular formula is C13H26O2. The summed E-state index contributed by atoms with van der Waals surface area (Å²) in [6.45, 7) is 16.9. The molecule has 0 N–H and O–H groups in total. The van der Waals surface area contributed by atoms with Crippen molar-refractivity contribution in [1.82, 2.24) is 0 Å². The van der Waals surface area contributed by atoms with Crippen molar-refractivity contribution in [1.29, 1.82) is 0 Å². The number of rotatable bonds is 6. The van der Waals surface area contributed by atoms with Crippen molar-refractivity contribution in [3.05, 3.63) is 12.7 Å². The van der Waals surface area contributed by atoms with Crippen molar-refractivity contribution in [3.63, 3.8) is 0 Å². The predicted molar refractivity (Wildman–Crippen MR) is 65.1 cm³/mol. The molecule has 0 aliphatic heterocycles. The lowest BCUT2D eigenvalue weighted by atomic mass is 9.98. The Hall–Kier alpha value is -0.340.